The first kappa shape index (κ1) is 9.33. The van der Waals surface area contributed by atoms with Crippen molar-refractivity contribution in [2.75, 3.05) is 5.43 Å². The average Bonchev–Trinajstić information content (AvgIpc) is 2.19. The summed E-state index contributed by atoms with van der Waals surface area (Å²) >= 11 is 5.77. The van der Waals surface area contributed by atoms with Crippen LogP contribution in [0, 0.1) is 5.50 Å². The highest BCUT2D eigenvalue weighted by molar-refractivity contribution is 6.27. The van der Waals surface area contributed by atoms with Crippen molar-refractivity contribution in [3.63, 3.8) is 0 Å². The Kier molecular flexibility index (Phi) is 2.88. The van der Waals surface area contributed by atoms with Crippen LogP contribution >= 0.6 is 11.6 Å². The van der Waals surface area contributed by atoms with Gasteiger partial charge in [0.2, 0.25) is 0 Å². The summed E-state index contributed by atoms with van der Waals surface area (Å²) in [6, 6.07) is 9.77. The van der Waals surface area contributed by atoms with Crippen molar-refractivity contribution in [2.24, 2.45) is 0 Å². The molecule has 1 aliphatic heterocycles. The molecule has 1 radical (unpaired) electrons. The molecule has 4 nitrogen and oxygen atoms in total. The third-order valence-electron chi connectivity index (χ3n) is 1.67. The van der Waals surface area contributed by atoms with E-state index in [0.29, 0.717) is 5.50 Å². The third-order valence-corrected chi connectivity index (χ3v) is 1.88. The van der Waals surface area contributed by atoms with Gasteiger partial charge in [0.25, 0.3) is 0 Å². The lowest BCUT2D eigenvalue weighted by atomic mass is 10.3. The van der Waals surface area contributed by atoms with E-state index in [0.717, 1.165) is 5.69 Å². The van der Waals surface area contributed by atoms with E-state index in [4.69, 9.17) is 11.6 Å². The number of nitrogens with one attached hydrogen (secondary N) is 3. The van der Waals surface area contributed by atoms with Crippen molar-refractivity contribution in [1.82, 2.24) is 16.1 Å². The highest BCUT2D eigenvalue weighted by atomic mass is 35.5. The van der Waals surface area contributed by atoms with Gasteiger partial charge >= 0.3 is 0 Å². The van der Waals surface area contributed by atoms with Crippen LogP contribution in [-0.4, -0.2) is 5.23 Å². The maximum atomic E-state index is 5.77. The molecule has 0 aliphatic carbocycles. The molecular formula is C9H10ClN4. The van der Waals surface area contributed by atoms with Gasteiger partial charge in [-0.3, -0.25) is 10.9 Å². The van der Waals surface area contributed by atoms with Gasteiger partial charge in [-0.1, -0.05) is 35.0 Å². The Bertz CT molecular complexity index is 314. The Balaban J connectivity index is 1.96. The zero-order chi connectivity index (χ0) is 9.80. The van der Waals surface area contributed by atoms with Crippen molar-refractivity contribution in [3.05, 3.63) is 48.1 Å². The number of nitrogens with zero attached hydrogens (tertiary/aromatic N) is 1. The molecule has 0 saturated heterocycles. The Hall–Kier alpha value is -1.23. The summed E-state index contributed by atoms with van der Waals surface area (Å²) in [5.41, 5.74) is 10.4. The Morgan fingerprint density at radius 1 is 1.21 bits per heavy atom. The van der Waals surface area contributed by atoms with Gasteiger partial charge in [-0.15, -0.1) is 0 Å². The maximum absolute atomic E-state index is 5.77. The molecule has 1 heterocycles. The molecular weight excluding hydrogens is 200 g/mol. The van der Waals surface area contributed by atoms with Crippen molar-refractivity contribution in [1.29, 1.82) is 0 Å². The lowest BCUT2D eigenvalue weighted by Gasteiger charge is -2.28. The molecule has 1 aromatic carbocycles. The fourth-order valence-electron chi connectivity index (χ4n) is 1.06. The molecule has 14 heavy (non-hydrogen) atoms. The van der Waals surface area contributed by atoms with E-state index in [9.17, 15) is 0 Å². The molecule has 0 bridgehead atoms. The first-order chi connectivity index (χ1) is 6.84. The molecule has 0 saturated carbocycles. The lowest BCUT2D eigenvalue weighted by Crippen LogP contribution is -2.51. The van der Waals surface area contributed by atoms with Crippen LogP contribution in [0.5, 0.6) is 0 Å². The van der Waals surface area contributed by atoms with Gasteiger partial charge in [-0.2, -0.15) is 5.43 Å². The average molecular weight is 210 g/mol. The molecule has 0 fully saturated rings. The number of benzene rings is 1. The molecule has 5 heteroatoms. The van der Waals surface area contributed by atoms with Crippen LogP contribution < -0.4 is 16.3 Å². The summed E-state index contributed by atoms with van der Waals surface area (Å²) in [6.45, 7) is 0. The van der Waals surface area contributed by atoms with E-state index >= 15 is 0 Å². The van der Waals surface area contributed by atoms with Crippen LogP contribution in [0.25, 0.3) is 0 Å². The molecule has 0 spiro atoms. The highest BCUT2D eigenvalue weighted by Gasteiger charge is 2.11. The minimum Gasteiger partial charge on any atom is -0.295 e. The van der Waals surface area contributed by atoms with Crippen LogP contribution in [0.4, 0.5) is 5.69 Å². The standard InChI is InChI=1S/C9H10ClN4/c10-9-6-7-11-14(13-9)12-8-4-2-1-3-5-8/h1-7,11-13H. The number of hydrazine groups is 3. The van der Waals surface area contributed by atoms with Gasteiger partial charge in [0.05, 0.1) is 5.69 Å². The van der Waals surface area contributed by atoms with Crippen LogP contribution in [0.2, 0.25) is 0 Å². The largest absolute Gasteiger partial charge is 0.295 e. The first-order valence-corrected chi connectivity index (χ1v) is 4.56. The second-order valence-corrected chi connectivity index (χ2v) is 3.14. The molecule has 1 aliphatic rings. The molecule has 0 amide bonds. The van der Waals surface area contributed by atoms with Crippen molar-refractivity contribution in [3.8, 4) is 0 Å². The minimum atomic E-state index is 0.548. The van der Waals surface area contributed by atoms with Gasteiger partial charge in [0.1, 0.15) is 0 Å². The molecule has 0 atom stereocenters. The van der Waals surface area contributed by atoms with Crippen molar-refractivity contribution < 1.29 is 0 Å². The first-order valence-electron chi connectivity index (χ1n) is 4.18. The molecule has 0 unspecified atom stereocenters. The zero-order valence-corrected chi connectivity index (χ0v) is 8.12. The van der Waals surface area contributed by atoms with E-state index in [1.54, 1.807) is 17.5 Å². The fourth-order valence-corrected chi connectivity index (χ4v) is 1.21. The van der Waals surface area contributed by atoms with E-state index in [1.807, 2.05) is 30.3 Å². The molecule has 73 valence electrons. The van der Waals surface area contributed by atoms with Crippen molar-refractivity contribution in [2.45, 2.75) is 0 Å². The monoisotopic (exact) mass is 209 g/mol. The normalized spacial score (nSPS) is 17.8. The summed E-state index contributed by atoms with van der Waals surface area (Å²) in [6.07, 6.45) is 3.46. The second-order valence-electron chi connectivity index (χ2n) is 2.74. The van der Waals surface area contributed by atoms with Gasteiger partial charge in [-0.25, -0.2) is 0 Å². The lowest BCUT2D eigenvalue weighted by molar-refractivity contribution is 0.193. The fraction of sp³-hybridized carbons (Fsp3) is 0. The topological polar surface area (TPSA) is 39.3 Å². The van der Waals surface area contributed by atoms with E-state index in [1.165, 1.54) is 0 Å². The smallest absolute Gasteiger partial charge is 0.167 e. The number of hydrogen-bond acceptors (Lipinski definition) is 4. The van der Waals surface area contributed by atoms with Gasteiger partial charge in [-0.05, 0) is 18.2 Å². The molecule has 0 aromatic heterocycles. The predicted molar refractivity (Wildman–Crippen MR) is 56.4 cm³/mol. The Morgan fingerprint density at radius 2 is 2.00 bits per heavy atom. The summed E-state index contributed by atoms with van der Waals surface area (Å²) in [7, 11) is 0. The number of halogens is 1. The summed E-state index contributed by atoms with van der Waals surface area (Å²) in [5.74, 6) is 0. The Labute approximate surface area is 87.5 Å². The zero-order valence-electron chi connectivity index (χ0n) is 7.37. The molecule has 1 aromatic rings. The summed E-state index contributed by atoms with van der Waals surface area (Å²) in [4.78, 5) is 0. The van der Waals surface area contributed by atoms with Crippen LogP contribution in [0.1, 0.15) is 0 Å². The number of anilines is 1. The van der Waals surface area contributed by atoms with Gasteiger partial charge in [0.15, 0.2) is 5.50 Å². The van der Waals surface area contributed by atoms with Crippen LogP contribution in [0.15, 0.2) is 42.6 Å². The minimum absolute atomic E-state index is 0.548. The molecule has 3 N–H and O–H groups in total. The van der Waals surface area contributed by atoms with Crippen molar-refractivity contribution >= 4 is 17.3 Å². The van der Waals surface area contributed by atoms with Gasteiger partial charge < -0.3 is 0 Å². The number of para-hydroxylation sites is 1. The SMILES string of the molecule is Cl[C]1C=CNN(Nc2ccccc2)N1. The number of hydrogen-bond donors (Lipinski definition) is 3. The van der Waals surface area contributed by atoms with E-state index in [2.05, 4.69) is 16.3 Å². The third kappa shape index (κ3) is 2.38. The van der Waals surface area contributed by atoms with E-state index in [-0.39, 0.29) is 0 Å². The van der Waals surface area contributed by atoms with Crippen LogP contribution in [-0.2, 0) is 0 Å². The second kappa shape index (κ2) is 4.32. The summed E-state index contributed by atoms with van der Waals surface area (Å²) < 4.78 is 0. The van der Waals surface area contributed by atoms with Gasteiger partial charge in [0, 0.05) is 6.20 Å². The Morgan fingerprint density at radius 3 is 2.71 bits per heavy atom. The van der Waals surface area contributed by atoms with E-state index < -0.39 is 0 Å². The van der Waals surface area contributed by atoms with Crippen LogP contribution in [0.3, 0.4) is 0 Å². The quantitative estimate of drug-likeness (QED) is 0.647. The maximum Gasteiger partial charge on any atom is 0.167 e. The number of rotatable bonds is 2. The highest BCUT2D eigenvalue weighted by Crippen LogP contribution is 2.09. The predicted octanol–water partition coefficient (Wildman–Crippen LogP) is 1.58. The molecule has 2 rings (SSSR count). The summed E-state index contributed by atoms with van der Waals surface area (Å²) in [5, 5.41) is 1.57.